The van der Waals surface area contributed by atoms with E-state index < -0.39 is 0 Å². The summed E-state index contributed by atoms with van der Waals surface area (Å²) in [6.07, 6.45) is 3.96. The molecule has 0 aromatic carbocycles. The van der Waals surface area contributed by atoms with Crippen LogP contribution in [0.2, 0.25) is 5.15 Å². The summed E-state index contributed by atoms with van der Waals surface area (Å²) in [5, 5.41) is 7.15. The van der Waals surface area contributed by atoms with E-state index in [1.165, 1.54) is 0 Å². The summed E-state index contributed by atoms with van der Waals surface area (Å²) in [7, 11) is 0. The lowest BCUT2D eigenvalue weighted by molar-refractivity contribution is 0.477. The minimum atomic E-state index is 0. The van der Waals surface area contributed by atoms with E-state index in [1.807, 2.05) is 6.92 Å². The maximum atomic E-state index is 5.93. The Morgan fingerprint density at radius 3 is 2.75 bits per heavy atom. The quantitative estimate of drug-likeness (QED) is 0.801. The fourth-order valence-corrected chi connectivity index (χ4v) is 1.77. The van der Waals surface area contributed by atoms with E-state index in [9.17, 15) is 0 Å². The molecule has 0 saturated carbocycles. The van der Waals surface area contributed by atoms with E-state index in [2.05, 4.69) is 20.6 Å². The van der Waals surface area contributed by atoms with Gasteiger partial charge in [0.2, 0.25) is 5.95 Å². The highest BCUT2D eigenvalue weighted by molar-refractivity contribution is 6.30. The monoisotopic (exact) mass is 262 g/mol. The molecule has 0 amide bonds. The predicted octanol–water partition coefficient (Wildman–Crippen LogP) is 2.02. The van der Waals surface area contributed by atoms with Crippen LogP contribution < -0.4 is 10.6 Å². The predicted molar refractivity (Wildman–Crippen MR) is 68.5 cm³/mol. The van der Waals surface area contributed by atoms with E-state index in [0.29, 0.717) is 17.1 Å². The van der Waals surface area contributed by atoms with Crippen LogP contribution in [0.4, 0.5) is 5.95 Å². The lowest BCUT2D eigenvalue weighted by Crippen LogP contribution is -2.35. The van der Waals surface area contributed by atoms with Gasteiger partial charge in [-0.2, -0.15) is 0 Å². The average molecular weight is 263 g/mol. The van der Waals surface area contributed by atoms with Crippen molar-refractivity contribution in [3.8, 4) is 0 Å². The third-order valence-electron chi connectivity index (χ3n) is 2.58. The van der Waals surface area contributed by atoms with E-state index in [0.717, 1.165) is 31.5 Å². The number of aryl methyl sites for hydroxylation is 1. The molecule has 0 atom stereocenters. The van der Waals surface area contributed by atoms with Crippen molar-refractivity contribution >= 4 is 30.0 Å². The Balaban J connectivity index is 0.00000128. The lowest BCUT2D eigenvalue weighted by Gasteiger charge is -2.23. The molecule has 1 aliphatic rings. The number of rotatable bonds is 2. The van der Waals surface area contributed by atoms with Gasteiger partial charge in [0.15, 0.2) is 0 Å². The Hall–Kier alpha value is -0.580. The van der Waals surface area contributed by atoms with Crippen molar-refractivity contribution in [1.82, 2.24) is 15.3 Å². The lowest BCUT2D eigenvalue weighted by atomic mass is 10.1. The second-order valence-corrected chi connectivity index (χ2v) is 4.19. The average Bonchev–Trinajstić information content (AvgIpc) is 2.25. The number of hydrogen-bond donors (Lipinski definition) is 2. The molecular weight excluding hydrogens is 247 g/mol. The fourth-order valence-electron chi connectivity index (χ4n) is 1.64. The van der Waals surface area contributed by atoms with Crippen molar-refractivity contribution in [2.24, 2.45) is 0 Å². The number of halogens is 2. The summed E-state index contributed by atoms with van der Waals surface area (Å²) in [4.78, 5) is 8.40. The normalized spacial score (nSPS) is 16.6. The zero-order valence-corrected chi connectivity index (χ0v) is 10.7. The molecule has 2 rings (SSSR count). The van der Waals surface area contributed by atoms with Gasteiger partial charge in [-0.3, -0.25) is 0 Å². The van der Waals surface area contributed by atoms with Gasteiger partial charge in [0.1, 0.15) is 5.15 Å². The number of hydrogen-bond acceptors (Lipinski definition) is 4. The molecule has 4 nitrogen and oxygen atoms in total. The summed E-state index contributed by atoms with van der Waals surface area (Å²) in [5.41, 5.74) is 0.910. The molecule has 0 unspecified atom stereocenters. The molecule has 16 heavy (non-hydrogen) atoms. The van der Waals surface area contributed by atoms with Gasteiger partial charge >= 0.3 is 0 Å². The Bertz CT molecular complexity index is 340. The fraction of sp³-hybridized carbons (Fsp3) is 0.600. The molecule has 0 radical (unpaired) electrons. The highest BCUT2D eigenvalue weighted by Crippen LogP contribution is 2.14. The zero-order chi connectivity index (χ0) is 10.7. The van der Waals surface area contributed by atoms with E-state index >= 15 is 0 Å². The van der Waals surface area contributed by atoms with Gasteiger partial charge in [0.25, 0.3) is 0 Å². The first-order valence-electron chi connectivity index (χ1n) is 5.22. The number of nitrogens with one attached hydrogen (secondary N) is 2. The highest BCUT2D eigenvalue weighted by Gasteiger charge is 2.13. The van der Waals surface area contributed by atoms with Crippen LogP contribution in [0.25, 0.3) is 0 Å². The first-order chi connectivity index (χ1) is 7.25. The summed E-state index contributed by atoms with van der Waals surface area (Å²) in [6.45, 7) is 4.01. The number of anilines is 1. The minimum Gasteiger partial charge on any atom is -0.351 e. The Labute approximate surface area is 107 Å². The second-order valence-electron chi connectivity index (χ2n) is 3.84. The van der Waals surface area contributed by atoms with Crippen molar-refractivity contribution < 1.29 is 0 Å². The molecule has 2 heterocycles. The van der Waals surface area contributed by atoms with Gasteiger partial charge in [-0.25, -0.2) is 9.97 Å². The first kappa shape index (κ1) is 13.5. The van der Waals surface area contributed by atoms with Crippen LogP contribution in [-0.4, -0.2) is 29.1 Å². The maximum Gasteiger partial charge on any atom is 0.224 e. The number of nitrogens with zero attached hydrogens (tertiary/aromatic N) is 2. The summed E-state index contributed by atoms with van der Waals surface area (Å²) >= 11 is 5.93. The van der Waals surface area contributed by atoms with Crippen LogP contribution in [0, 0.1) is 6.92 Å². The summed E-state index contributed by atoms with van der Waals surface area (Å²) in [6, 6.07) is 0.463. The minimum absolute atomic E-state index is 0. The molecule has 0 spiro atoms. The third kappa shape index (κ3) is 3.47. The van der Waals surface area contributed by atoms with Gasteiger partial charge in [-0.15, -0.1) is 12.4 Å². The van der Waals surface area contributed by atoms with Crippen molar-refractivity contribution in [2.45, 2.75) is 25.8 Å². The molecule has 0 aliphatic carbocycles. The maximum absolute atomic E-state index is 5.93. The Morgan fingerprint density at radius 1 is 1.44 bits per heavy atom. The van der Waals surface area contributed by atoms with Crippen molar-refractivity contribution in [1.29, 1.82) is 0 Å². The van der Waals surface area contributed by atoms with Gasteiger partial charge < -0.3 is 10.6 Å². The standard InChI is InChI=1S/C10H15ClN4.ClH/c1-7-6-13-10(15-9(7)11)14-8-2-4-12-5-3-8;/h6,8,12H,2-5H2,1H3,(H,13,14,15);1H. The van der Waals surface area contributed by atoms with Crippen LogP contribution in [0.3, 0.4) is 0 Å². The van der Waals surface area contributed by atoms with Gasteiger partial charge in [0.05, 0.1) is 0 Å². The highest BCUT2D eigenvalue weighted by atomic mass is 35.5. The van der Waals surface area contributed by atoms with Crippen LogP contribution in [0.1, 0.15) is 18.4 Å². The van der Waals surface area contributed by atoms with Crippen molar-refractivity contribution in [2.75, 3.05) is 18.4 Å². The molecule has 6 heteroatoms. The molecule has 2 N–H and O–H groups in total. The molecule has 0 bridgehead atoms. The molecule has 1 fully saturated rings. The van der Waals surface area contributed by atoms with Gasteiger partial charge in [-0.05, 0) is 32.9 Å². The van der Waals surface area contributed by atoms with Crippen molar-refractivity contribution in [3.63, 3.8) is 0 Å². The molecular formula is C10H16Cl2N4. The van der Waals surface area contributed by atoms with Crippen molar-refractivity contribution in [3.05, 3.63) is 16.9 Å². The van der Waals surface area contributed by atoms with E-state index in [4.69, 9.17) is 11.6 Å². The smallest absolute Gasteiger partial charge is 0.224 e. The largest absolute Gasteiger partial charge is 0.351 e. The molecule has 1 aromatic rings. The van der Waals surface area contributed by atoms with Crippen LogP contribution >= 0.6 is 24.0 Å². The first-order valence-corrected chi connectivity index (χ1v) is 5.60. The van der Waals surface area contributed by atoms with E-state index in [-0.39, 0.29) is 12.4 Å². The second kappa shape index (κ2) is 6.23. The third-order valence-corrected chi connectivity index (χ3v) is 2.96. The molecule has 1 saturated heterocycles. The number of aromatic nitrogens is 2. The Kier molecular flexibility index (Phi) is 5.25. The molecule has 90 valence electrons. The summed E-state index contributed by atoms with van der Waals surface area (Å²) in [5.74, 6) is 0.637. The SMILES string of the molecule is Cc1cnc(NC2CCNCC2)nc1Cl.Cl. The van der Waals surface area contributed by atoms with Crippen LogP contribution in [0.15, 0.2) is 6.20 Å². The molecule has 1 aliphatic heterocycles. The van der Waals surface area contributed by atoms with Crippen LogP contribution in [0.5, 0.6) is 0 Å². The van der Waals surface area contributed by atoms with E-state index in [1.54, 1.807) is 6.20 Å². The summed E-state index contributed by atoms with van der Waals surface area (Å²) < 4.78 is 0. The van der Waals surface area contributed by atoms with Gasteiger partial charge in [-0.1, -0.05) is 11.6 Å². The van der Waals surface area contributed by atoms with Gasteiger partial charge in [0, 0.05) is 17.8 Å². The topological polar surface area (TPSA) is 49.8 Å². The Morgan fingerprint density at radius 2 is 2.12 bits per heavy atom. The van der Waals surface area contributed by atoms with Crippen LogP contribution in [-0.2, 0) is 0 Å². The zero-order valence-electron chi connectivity index (χ0n) is 9.16. The molecule has 1 aromatic heterocycles. The number of piperidine rings is 1.